The van der Waals surface area contributed by atoms with E-state index < -0.39 is 0 Å². The highest BCUT2D eigenvalue weighted by Gasteiger charge is 2.31. The molecule has 1 heterocycles. The van der Waals surface area contributed by atoms with E-state index in [1.54, 1.807) is 0 Å². The van der Waals surface area contributed by atoms with Crippen LogP contribution in [0.3, 0.4) is 0 Å². The molecular formula is C17H16INOS. The lowest BCUT2D eigenvalue weighted by atomic mass is 10.1. The molecule has 3 rings (SSSR count). The maximum atomic E-state index is 12.8. The van der Waals surface area contributed by atoms with E-state index in [0.717, 1.165) is 21.4 Å². The van der Waals surface area contributed by atoms with Crippen LogP contribution in [0.5, 0.6) is 0 Å². The van der Waals surface area contributed by atoms with Gasteiger partial charge in [0.1, 0.15) is 5.37 Å². The summed E-state index contributed by atoms with van der Waals surface area (Å²) in [4.78, 5) is 14.7. The fourth-order valence-electron chi connectivity index (χ4n) is 2.47. The average Bonchev–Trinajstić information content (AvgIpc) is 2.96. The van der Waals surface area contributed by atoms with Gasteiger partial charge in [-0.05, 0) is 53.3 Å². The summed E-state index contributed by atoms with van der Waals surface area (Å²) in [5, 5.41) is 0.135. The molecule has 2 aromatic carbocycles. The normalized spacial score (nSPS) is 18.0. The number of hydrogen-bond acceptors (Lipinski definition) is 2. The van der Waals surface area contributed by atoms with Gasteiger partial charge in [-0.1, -0.05) is 35.9 Å². The molecule has 0 N–H and O–H groups in total. The van der Waals surface area contributed by atoms with E-state index in [2.05, 4.69) is 53.8 Å². The van der Waals surface area contributed by atoms with Crippen molar-refractivity contribution in [2.45, 2.75) is 12.3 Å². The van der Waals surface area contributed by atoms with Crippen LogP contribution in [0.2, 0.25) is 0 Å². The highest BCUT2D eigenvalue weighted by molar-refractivity contribution is 14.1. The topological polar surface area (TPSA) is 20.3 Å². The van der Waals surface area contributed by atoms with Crippen LogP contribution < -0.4 is 0 Å². The second-order valence-corrected chi connectivity index (χ2v) is 7.58. The minimum absolute atomic E-state index is 0.129. The maximum absolute atomic E-state index is 12.8. The smallest absolute Gasteiger partial charge is 0.255 e. The van der Waals surface area contributed by atoms with Crippen molar-refractivity contribution < 1.29 is 4.79 Å². The minimum atomic E-state index is 0.129. The third-order valence-corrected chi connectivity index (χ3v) is 5.52. The number of thioether (sulfide) groups is 1. The number of benzene rings is 2. The lowest BCUT2D eigenvalue weighted by molar-refractivity contribution is 0.0760. The first-order chi connectivity index (χ1) is 10.1. The van der Waals surface area contributed by atoms with Gasteiger partial charge in [0.25, 0.3) is 5.91 Å². The molecule has 1 aliphatic heterocycles. The molecule has 1 aliphatic rings. The van der Waals surface area contributed by atoms with E-state index in [0.29, 0.717) is 0 Å². The van der Waals surface area contributed by atoms with E-state index in [-0.39, 0.29) is 11.3 Å². The quantitative estimate of drug-likeness (QED) is 0.682. The van der Waals surface area contributed by atoms with E-state index in [1.165, 1.54) is 11.1 Å². The number of halogens is 1. The van der Waals surface area contributed by atoms with Crippen LogP contribution in [0.1, 0.15) is 26.9 Å². The van der Waals surface area contributed by atoms with Crippen molar-refractivity contribution in [2.24, 2.45) is 0 Å². The van der Waals surface area contributed by atoms with Crippen LogP contribution in [-0.2, 0) is 0 Å². The number of aryl methyl sites for hydroxylation is 1. The average molecular weight is 409 g/mol. The van der Waals surface area contributed by atoms with Crippen molar-refractivity contribution in [3.8, 4) is 0 Å². The van der Waals surface area contributed by atoms with Crippen molar-refractivity contribution in [1.82, 2.24) is 4.90 Å². The standard InChI is InChI=1S/C17H16INOS/c1-12-5-7-13(8-6-12)17-19(9-10-21-17)16(20)14-3-2-4-15(18)11-14/h2-8,11,17H,9-10H2,1H3. The van der Waals surface area contributed by atoms with Gasteiger partial charge in [0.05, 0.1) is 0 Å². The molecule has 1 amide bonds. The summed E-state index contributed by atoms with van der Waals surface area (Å²) in [6.45, 7) is 2.90. The predicted molar refractivity (Wildman–Crippen MR) is 96.6 cm³/mol. The third-order valence-electron chi connectivity index (χ3n) is 3.59. The zero-order valence-corrected chi connectivity index (χ0v) is 14.7. The number of nitrogens with zero attached hydrogens (tertiary/aromatic N) is 1. The minimum Gasteiger partial charge on any atom is -0.322 e. The Morgan fingerprint density at radius 3 is 2.71 bits per heavy atom. The maximum Gasteiger partial charge on any atom is 0.255 e. The molecule has 1 atom stereocenters. The summed E-state index contributed by atoms with van der Waals surface area (Å²) in [6, 6.07) is 16.3. The van der Waals surface area contributed by atoms with Gasteiger partial charge in [0.2, 0.25) is 0 Å². The highest BCUT2D eigenvalue weighted by atomic mass is 127. The summed E-state index contributed by atoms with van der Waals surface area (Å²) >= 11 is 4.09. The molecule has 4 heteroatoms. The van der Waals surface area contributed by atoms with Gasteiger partial charge in [-0.25, -0.2) is 0 Å². The molecule has 0 saturated carbocycles. The van der Waals surface area contributed by atoms with E-state index in [4.69, 9.17) is 0 Å². The number of carbonyl (C=O) groups is 1. The van der Waals surface area contributed by atoms with Gasteiger partial charge in [0, 0.05) is 21.4 Å². The monoisotopic (exact) mass is 409 g/mol. The number of hydrogen-bond donors (Lipinski definition) is 0. The Hall–Kier alpha value is -1.01. The first kappa shape index (κ1) is 14.9. The molecule has 2 aromatic rings. The fourth-order valence-corrected chi connectivity index (χ4v) is 4.27. The second kappa shape index (κ2) is 6.40. The molecule has 21 heavy (non-hydrogen) atoms. The highest BCUT2D eigenvalue weighted by Crippen LogP contribution is 2.38. The Balaban J connectivity index is 1.87. The molecule has 0 aromatic heterocycles. The molecule has 0 bridgehead atoms. The Labute approximate surface area is 143 Å². The number of amides is 1. The van der Waals surface area contributed by atoms with Crippen LogP contribution in [0.25, 0.3) is 0 Å². The first-order valence-corrected chi connectivity index (χ1v) is 9.02. The molecule has 2 nitrogen and oxygen atoms in total. The number of carbonyl (C=O) groups excluding carboxylic acids is 1. The van der Waals surface area contributed by atoms with Gasteiger partial charge in [-0.3, -0.25) is 4.79 Å². The van der Waals surface area contributed by atoms with E-state index in [9.17, 15) is 4.79 Å². The molecule has 108 valence electrons. The van der Waals surface area contributed by atoms with Crippen molar-refractivity contribution in [1.29, 1.82) is 0 Å². The van der Waals surface area contributed by atoms with Gasteiger partial charge < -0.3 is 4.90 Å². The van der Waals surface area contributed by atoms with Gasteiger partial charge in [-0.2, -0.15) is 0 Å². The Morgan fingerprint density at radius 2 is 2.00 bits per heavy atom. The van der Waals surface area contributed by atoms with Crippen LogP contribution in [0, 0.1) is 10.5 Å². The van der Waals surface area contributed by atoms with Crippen molar-refractivity contribution in [3.63, 3.8) is 0 Å². The summed E-state index contributed by atoms with van der Waals surface area (Å²) in [5.41, 5.74) is 3.24. The molecule has 1 fully saturated rings. The van der Waals surface area contributed by atoms with Gasteiger partial charge in [0.15, 0.2) is 0 Å². The zero-order valence-electron chi connectivity index (χ0n) is 11.8. The largest absolute Gasteiger partial charge is 0.322 e. The summed E-state index contributed by atoms with van der Waals surface area (Å²) in [5.74, 6) is 1.12. The van der Waals surface area contributed by atoms with Crippen molar-refractivity contribution in [3.05, 3.63) is 68.8 Å². The number of rotatable bonds is 2. The first-order valence-electron chi connectivity index (χ1n) is 6.90. The predicted octanol–water partition coefficient (Wildman–Crippen LogP) is 4.49. The molecule has 1 saturated heterocycles. The van der Waals surface area contributed by atoms with Crippen LogP contribution >= 0.6 is 34.4 Å². The molecular weight excluding hydrogens is 393 g/mol. The summed E-state index contributed by atoms with van der Waals surface area (Å²) < 4.78 is 1.09. The zero-order chi connectivity index (χ0) is 14.8. The Kier molecular flexibility index (Phi) is 4.54. The van der Waals surface area contributed by atoms with Crippen molar-refractivity contribution in [2.75, 3.05) is 12.3 Å². The lowest BCUT2D eigenvalue weighted by Gasteiger charge is -2.24. The lowest BCUT2D eigenvalue weighted by Crippen LogP contribution is -2.30. The molecule has 1 unspecified atom stereocenters. The summed E-state index contributed by atoms with van der Waals surface area (Å²) in [6.07, 6.45) is 0. The molecule has 0 radical (unpaired) electrons. The Bertz CT molecular complexity index is 656. The van der Waals surface area contributed by atoms with E-state index >= 15 is 0 Å². The summed E-state index contributed by atoms with van der Waals surface area (Å²) in [7, 11) is 0. The van der Waals surface area contributed by atoms with Crippen molar-refractivity contribution >= 4 is 40.3 Å². The molecule has 0 aliphatic carbocycles. The van der Waals surface area contributed by atoms with Crippen LogP contribution in [-0.4, -0.2) is 23.1 Å². The SMILES string of the molecule is Cc1ccc(C2SCCN2C(=O)c2cccc(I)c2)cc1. The third kappa shape index (κ3) is 3.26. The second-order valence-electron chi connectivity index (χ2n) is 5.14. The van der Waals surface area contributed by atoms with Gasteiger partial charge in [-0.15, -0.1) is 11.8 Å². The Morgan fingerprint density at radius 1 is 1.24 bits per heavy atom. The fraction of sp³-hybridized carbons (Fsp3) is 0.235. The van der Waals surface area contributed by atoms with Crippen LogP contribution in [0.15, 0.2) is 48.5 Å². The van der Waals surface area contributed by atoms with E-state index in [1.807, 2.05) is 40.9 Å². The van der Waals surface area contributed by atoms with Crippen LogP contribution in [0.4, 0.5) is 0 Å². The molecule has 0 spiro atoms. The van der Waals surface area contributed by atoms with Gasteiger partial charge >= 0.3 is 0 Å².